The van der Waals surface area contributed by atoms with Crippen LogP contribution in [0.3, 0.4) is 0 Å². The Morgan fingerprint density at radius 1 is 1.17 bits per heavy atom. The zero-order chi connectivity index (χ0) is 16.7. The van der Waals surface area contributed by atoms with Crippen LogP contribution in [0.15, 0.2) is 48.5 Å². The lowest BCUT2D eigenvalue weighted by atomic mass is 10.1. The molecule has 0 saturated heterocycles. The molecule has 0 heterocycles. The Labute approximate surface area is 141 Å². The molecular formula is C18H21ClN2O2. The van der Waals surface area contributed by atoms with Gasteiger partial charge in [-0.15, -0.1) is 0 Å². The minimum atomic E-state index is -0.651. The molecule has 0 aromatic heterocycles. The molecule has 122 valence electrons. The molecule has 2 N–H and O–H groups in total. The van der Waals surface area contributed by atoms with E-state index < -0.39 is 6.10 Å². The molecule has 4 nitrogen and oxygen atoms in total. The zero-order valence-corrected chi connectivity index (χ0v) is 14.1. The fraction of sp³-hybridized carbons (Fsp3) is 0.278. The van der Waals surface area contributed by atoms with Gasteiger partial charge in [0.05, 0.1) is 5.02 Å². The summed E-state index contributed by atoms with van der Waals surface area (Å²) in [6, 6.07) is 14.8. The van der Waals surface area contributed by atoms with Gasteiger partial charge in [-0.3, -0.25) is 4.79 Å². The zero-order valence-electron chi connectivity index (χ0n) is 13.3. The van der Waals surface area contributed by atoms with Crippen LogP contribution >= 0.6 is 11.6 Å². The van der Waals surface area contributed by atoms with Crippen LogP contribution in [0, 0.1) is 0 Å². The summed E-state index contributed by atoms with van der Waals surface area (Å²) in [5.74, 6) is 0.284. The van der Waals surface area contributed by atoms with Gasteiger partial charge in [0, 0.05) is 12.2 Å². The average molecular weight is 333 g/mol. The quantitative estimate of drug-likeness (QED) is 0.809. The first kappa shape index (κ1) is 17.3. The van der Waals surface area contributed by atoms with E-state index >= 15 is 0 Å². The molecule has 0 aliphatic rings. The van der Waals surface area contributed by atoms with E-state index in [1.165, 1.54) is 0 Å². The molecule has 2 aromatic carbocycles. The molecule has 0 aliphatic carbocycles. The van der Waals surface area contributed by atoms with Gasteiger partial charge in [0.25, 0.3) is 5.91 Å². The SMILES string of the molecule is CCNCc1ccccc1NC(=O)C(C)Oc1ccccc1Cl. The maximum atomic E-state index is 12.4. The van der Waals surface area contributed by atoms with Gasteiger partial charge in [0.1, 0.15) is 5.75 Å². The molecule has 2 aromatic rings. The Kier molecular flexibility index (Phi) is 6.44. The number of amides is 1. The van der Waals surface area contributed by atoms with Gasteiger partial charge in [-0.2, -0.15) is 0 Å². The minimum absolute atomic E-state index is 0.214. The van der Waals surface area contributed by atoms with Crippen molar-refractivity contribution in [2.75, 3.05) is 11.9 Å². The molecule has 0 saturated carbocycles. The largest absolute Gasteiger partial charge is 0.479 e. The number of carbonyl (C=O) groups is 1. The number of halogens is 1. The lowest BCUT2D eigenvalue weighted by Crippen LogP contribution is -2.30. The van der Waals surface area contributed by atoms with Crippen LogP contribution in [0.1, 0.15) is 19.4 Å². The Bertz CT molecular complexity index is 661. The maximum absolute atomic E-state index is 12.4. The molecule has 2 rings (SSSR count). The van der Waals surface area contributed by atoms with Crippen LogP contribution in [0.4, 0.5) is 5.69 Å². The van der Waals surface area contributed by atoms with Gasteiger partial charge in [-0.25, -0.2) is 0 Å². The van der Waals surface area contributed by atoms with Gasteiger partial charge in [0.2, 0.25) is 0 Å². The van der Waals surface area contributed by atoms with Crippen molar-refractivity contribution in [2.45, 2.75) is 26.5 Å². The first-order valence-electron chi connectivity index (χ1n) is 7.62. The predicted octanol–water partition coefficient (Wildman–Crippen LogP) is 3.86. The van der Waals surface area contributed by atoms with E-state index in [0.29, 0.717) is 17.3 Å². The number of benzene rings is 2. The van der Waals surface area contributed by atoms with Crippen molar-refractivity contribution in [1.29, 1.82) is 0 Å². The van der Waals surface area contributed by atoms with Crippen LogP contribution in [-0.4, -0.2) is 18.6 Å². The highest BCUT2D eigenvalue weighted by atomic mass is 35.5. The second-order valence-electron chi connectivity index (χ2n) is 5.12. The second-order valence-corrected chi connectivity index (χ2v) is 5.52. The Morgan fingerprint density at radius 3 is 2.61 bits per heavy atom. The van der Waals surface area contributed by atoms with Crippen molar-refractivity contribution in [2.24, 2.45) is 0 Å². The number of rotatable bonds is 7. The molecule has 0 fully saturated rings. The molecule has 0 aliphatic heterocycles. The van der Waals surface area contributed by atoms with Gasteiger partial charge < -0.3 is 15.4 Å². The third-order valence-corrected chi connectivity index (χ3v) is 3.66. The predicted molar refractivity (Wildman–Crippen MR) is 94.0 cm³/mol. The number of hydrogen-bond acceptors (Lipinski definition) is 3. The Morgan fingerprint density at radius 2 is 1.87 bits per heavy atom. The van der Waals surface area contributed by atoms with Crippen molar-refractivity contribution in [3.63, 3.8) is 0 Å². The average Bonchev–Trinajstić information content (AvgIpc) is 2.56. The molecule has 0 radical (unpaired) electrons. The summed E-state index contributed by atoms with van der Waals surface area (Å²) in [5, 5.41) is 6.65. The van der Waals surface area contributed by atoms with E-state index in [0.717, 1.165) is 17.8 Å². The van der Waals surface area contributed by atoms with Crippen LogP contribution in [0.5, 0.6) is 5.75 Å². The third kappa shape index (κ3) is 4.98. The van der Waals surface area contributed by atoms with Crippen molar-refractivity contribution in [3.05, 3.63) is 59.1 Å². The number of nitrogens with one attached hydrogen (secondary N) is 2. The summed E-state index contributed by atoms with van der Waals surface area (Å²) in [6.07, 6.45) is -0.651. The van der Waals surface area contributed by atoms with Crippen molar-refractivity contribution in [1.82, 2.24) is 5.32 Å². The topological polar surface area (TPSA) is 50.4 Å². The highest BCUT2D eigenvalue weighted by molar-refractivity contribution is 6.32. The van der Waals surface area contributed by atoms with Crippen molar-refractivity contribution >= 4 is 23.2 Å². The van der Waals surface area contributed by atoms with Crippen LogP contribution < -0.4 is 15.4 Å². The second kappa shape index (κ2) is 8.56. The van der Waals surface area contributed by atoms with E-state index in [1.807, 2.05) is 43.3 Å². The summed E-state index contributed by atoms with van der Waals surface area (Å²) in [4.78, 5) is 12.4. The minimum Gasteiger partial charge on any atom is -0.479 e. The highest BCUT2D eigenvalue weighted by Crippen LogP contribution is 2.24. The first-order chi connectivity index (χ1) is 11.1. The lowest BCUT2D eigenvalue weighted by Gasteiger charge is -2.17. The van der Waals surface area contributed by atoms with E-state index in [2.05, 4.69) is 10.6 Å². The smallest absolute Gasteiger partial charge is 0.265 e. The summed E-state index contributed by atoms with van der Waals surface area (Å²) < 4.78 is 5.64. The molecule has 5 heteroatoms. The van der Waals surface area contributed by atoms with E-state index in [-0.39, 0.29) is 5.91 Å². The number of ether oxygens (including phenoxy) is 1. The number of hydrogen-bond donors (Lipinski definition) is 2. The number of para-hydroxylation sites is 2. The van der Waals surface area contributed by atoms with Crippen LogP contribution in [-0.2, 0) is 11.3 Å². The third-order valence-electron chi connectivity index (χ3n) is 3.35. The molecule has 0 bridgehead atoms. The standard InChI is InChI=1S/C18H21ClN2O2/c1-3-20-12-14-8-4-6-10-16(14)21-18(22)13(2)23-17-11-7-5-9-15(17)19/h4-11,13,20H,3,12H2,1-2H3,(H,21,22). The normalized spacial score (nSPS) is 11.8. The summed E-state index contributed by atoms with van der Waals surface area (Å²) in [7, 11) is 0. The van der Waals surface area contributed by atoms with Crippen LogP contribution in [0.2, 0.25) is 5.02 Å². The fourth-order valence-electron chi connectivity index (χ4n) is 2.07. The van der Waals surface area contributed by atoms with Crippen molar-refractivity contribution < 1.29 is 9.53 Å². The Balaban J connectivity index is 2.02. The highest BCUT2D eigenvalue weighted by Gasteiger charge is 2.17. The molecule has 0 spiro atoms. The lowest BCUT2D eigenvalue weighted by molar-refractivity contribution is -0.122. The fourth-order valence-corrected chi connectivity index (χ4v) is 2.25. The molecule has 23 heavy (non-hydrogen) atoms. The molecule has 1 unspecified atom stereocenters. The number of carbonyl (C=O) groups excluding carboxylic acids is 1. The van der Waals surface area contributed by atoms with Gasteiger partial charge >= 0.3 is 0 Å². The Hall–Kier alpha value is -2.04. The van der Waals surface area contributed by atoms with E-state index in [9.17, 15) is 4.79 Å². The monoisotopic (exact) mass is 332 g/mol. The summed E-state index contributed by atoms with van der Waals surface area (Å²) >= 11 is 6.05. The van der Waals surface area contributed by atoms with Crippen molar-refractivity contribution in [3.8, 4) is 5.75 Å². The molecule has 1 amide bonds. The van der Waals surface area contributed by atoms with E-state index in [4.69, 9.17) is 16.3 Å². The molecule has 1 atom stereocenters. The van der Waals surface area contributed by atoms with E-state index in [1.54, 1.807) is 19.1 Å². The molecular weight excluding hydrogens is 312 g/mol. The van der Waals surface area contributed by atoms with Crippen LogP contribution in [0.25, 0.3) is 0 Å². The summed E-state index contributed by atoms with van der Waals surface area (Å²) in [6.45, 7) is 5.31. The van der Waals surface area contributed by atoms with Gasteiger partial charge in [-0.05, 0) is 37.2 Å². The maximum Gasteiger partial charge on any atom is 0.265 e. The first-order valence-corrected chi connectivity index (χ1v) is 8.00. The van der Waals surface area contributed by atoms with Gasteiger partial charge in [0.15, 0.2) is 6.10 Å². The van der Waals surface area contributed by atoms with Gasteiger partial charge in [-0.1, -0.05) is 48.9 Å². The number of anilines is 1. The summed E-state index contributed by atoms with van der Waals surface area (Å²) in [5.41, 5.74) is 1.82.